The molecule has 16 heavy (non-hydrogen) atoms. The van der Waals surface area contributed by atoms with Crippen molar-refractivity contribution in [2.45, 2.75) is 38.5 Å². The Bertz CT molecular complexity index is 365. The summed E-state index contributed by atoms with van der Waals surface area (Å²) in [5.74, 6) is -0.324. The fourth-order valence-electron chi connectivity index (χ4n) is 1.71. The standard InChI is InChI=1S/C11H14BrClO2S/c1-2-7(4-3-5-10(14)15)8-6-9(13)16-11(8)12/h6-7H,2-5H2,1H3,(H,14,15). The summed E-state index contributed by atoms with van der Waals surface area (Å²) in [7, 11) is 0. The molecule has 0 aliphatic rings. The molecule has 1 atom stereocenters. The van der Waals surface area contributed by atoms with Crippen LogP contribution in [0.4, 0.5) is 0 Å². The number of hydrogen-bond acceptors (Lipinski definition) is 2. The second kappa shape index (κ2) is 6.62. The van der Waals surface area contributed by atoms with Gasteiger partial charge in [-0.2, -0.15) is 0 Å². The fraction of sp³-hybridized carbons (Fsp3) is 0.545. The summed E-state index contributed by atoms with van der Waals surface area (Å²) < 4.78 is 1.85. The maximum absolute atomic E-state index is 10.4. The Morgan fingerprint density at radius 2 is 2.38 bits per heavy atom. The molecule has 0 aliphatic heterocycles. The Morgan fingerprint density at radius 3 is 2.81 bits per heavy atom. The van der Waals surface area contributed by atoms with Gasteiger partial charge in [-0.15, -0.1) is 11.3 Å². The topological polar surface area (TPSA) is 37.3 Å². The molecule has 0 saturated carbocycles. The Morgan fingerprint density at radius 1 is 1.69 bits per heavy atom. The van der Waals surface area contributed by atoms with Gasteiger partial charge in [-0.05, 0) is 52.7 Å². The molecule has 1 aromatic rings. The van der Waals surface area contributed by atoms with Gasteiger partial charge >= 0.3 is 5.97 Å². The van der Waals surface area contributed by atoms with E-state index in [9.17, 15) is 4.79 Å². The normalized spacial score (nSPS) is 12.7. The van der Waals surface area contributed by atoms with Crippen LogP contribution in [-0.2, 0) is 4.79 Å². The number of aliphatic carboxylic acids is 1. The van der Waals surface area contributed by atoms with Crippen LogP contribution in [0, 0.1) is 0 Å². The molecule has 1 rings (SSSR count). The molecule has 1 aromatic heterocycles. The van der Waals surface area contributed by atoms with Crippen molar-refractivity contribution in [2.24, 2.45) is 0 Å². The number of thiophene rings is 1. The van der Waals surface area contributed by atoms with E-state index < -0.39 is 5.97 Å². The van der Waals surface area contributed by atoms with Gasteiger partial charge in [-0.3, -0.25) is 4.79 Å². The molecule has 0 aliphatic carbocycles. The average Bonchev–Trinajstić information content (AvgIpc) is 2.52. The van der Waals surface area contributed by atoms with Gasteiger partial charge in [0.15, 0.2) is 0 Å². The maximum Gasteiger partial charge on any atom is 0.303 e. The van der Waals surface area contributed by atoms with Crippen molar-refractivity contribution in [3.8, 4) is 0 Å². The van der Waals surface area contributed by atoms with Crippen LogP contribution in [0.15, 0.2) is 9.85 Å². The maximum atomic E-state index is 10.4. The van der Waals surface area contributed by atoms with Crippen molar-refractivity contribution in [3.63, 3.8) is 0 Å². The third-order valence-electron chi connectivity index (χ3n) is 2.56. The van der Waals surface area contributed by atoms with E-state index in [1.165, 1.54) is 16.9 Å². The average molecular weight is 326 g/mol. The highest BCUT2D eigenvalue weighted by molar-refractivity contribution is 9.11. The van der Waals surface area contributed by atoms with Crippen LogP contribution in [0.5, 0.6) is 0 Å². The van der Waals surface area contributed by atoms with Gasteiger partial charge in [-0.25, -0.2) is 0 Å². The zero-order valence-corrected chi connectivity index (χ0v) is 12.2. The first-order chi connectivity index (χ1) is 7.54. The molecule has 5 heteroatoms. The minimum atomic E-state index is -0.725. The molecule has 90 valence electrons. The lowest BCUT2D eigenvalue weighted by atomic mass is 9.93. The first-order valence-electron chi connectivity index (χ1n) is 5.21. The van der Waals surface area contributed by atoms with Crippen LogP contribution < -0.4 is 0 Å². The van der Waals surface area contributed by atoms with Gasteiger partial charge in [0.2, 0.25) is 0 Å². The van der Waals surface area contributed by atoms with Crippen LogP contribution in [0.1, 0.15) is 44.1 Å². The number of hydrogen-bond donors (Lipinski definition) is 1. The Kier molecular flexibility index (Phi) is 5.79. The number of carbonyl (C=O) groups is 1. The monoisotopic (exact) mass is 324 g/mol. The van der Waals surface area contributed by atoms with E-state index in [2.05, 4.69) is 22.9 Å². The third kappa shape index (κ3) is 4.07. The van der Waals surface area contributed by atoms with Gasteiger partial charge in [0.1, 0.15) is 0 Å². The number of carboxylic acids is 1. The molecule has 0 radical (unpaired) electrons. The predicted molar refractivity (Wildman–Crippen MR) is 71.5 cm³/mol. The van der Waals surface area contributed by atoms with Crippen molar-refractivity contribution >= 4 is 44.8 Å². The predicted octanol–water partition coefficient (Wildman–Crippen LogP) is 4.91. The van der Waals surface area contributed by atoms with E-state index in [0.717, 1.165) is 21.0 Å². The smallest absolute Gasteiger partial charge is 0.303 e. The fourth-order valence-corrected chi connectivity index (χ4v) is 4.00. The summed E-state index contributed by atoms with van der Waals surface area (Å²) >= 11 is 11.0. The van der Waals surface area contributed by atoms with Crippen molar-refractivity contribution in [2.75, 3.05) is 0 Å². The Labute approximate surface area is 113 Å². The molecule has 1 unspecified atom stereocenters. The molecule has 0 spiro atoms. The molecule has 2 nitrogen and oxygen atoms in total. The minimum Gasteiger partial charge on any atom is -0.481 e. The summed E-state index contributed by atoms with van der Waals surface area (Å²) in [5.41, 5.74) is 1.21. The summed E-state index contributed by atoms with van der Waals surface area (Å²) in [6.45, 7) is 2.11. The quantitative estimate of drug-likeness (QED) is 0.806. The second-order valence-corrected chi connectivity index (χ2v) is 6.67. The second-order valence-electron chi connectivity index (χ2n) is 3.67. The first-order valence-corrected chi connectivity index (χ1v) is 7.19. The Hall–Kier alpha value is -0.0600. The minimum absolute atomic E-state index is 0.242. The number of halogens is 2. The zero-order valence-electron chi connectivity index (χ0n) is 9.00. The van der Waals surface area contributed by atoms with Gasteiger partial charge in [0.25, 0.3) is 0 Å². The molecular weight excluding hydrogens is 312 g/mol. The highest BCUT2D eigenvalue weighted by Gasteiger charge is 2.15. The third-order valence-corrected chi connectivity index (χ3v) is 4.57. The van der Waals surface area contributed by atoms with Crippen LogP contribution in [0.3, 0.4) is 0 Å². The van der Waals surface area contributed by atoms with Gasteiger partial charge < -0.3 is 5.11 Å². The Balaban J connectivity index is 2.60. The van der Waals surface area contributed by atoms with Crippen molar-refractivity contribution in [3.05, 3.63) is 19.8 Å². The molecular formula is C11H14BrClO2S. The van der Waals surface area contributed by atoms with E-state index in [0.29, 0.717) is 12.3 Å². The lowest BCUT2D eigenvalue weighted by Crippen LogP contribution is -2.00. The number of rotatable bonds is 6. The summed E-state index contributed by atoms with van der Waals surface area (Å²) in [4.78, 5) is 10.4. The van der Waals surface area contributed by atoms with Crippen LogP contribution in [0.25, 0.3) is 0 Å². The number of carboxylic acid groups (broad SMARTS) is 1. The lowest BCUT2D eigenvalue weighted by Gasteiger charge is -2.13. The van der Waals surface area contributed by atoms with Gasteiger partial charge in [0, 0.05) is 6.42 Å². The SMILES string of the molecule is CCC(CCCC(=O)O)c1cc(Cl)sc1Br. The zero-order chi connectivity index (χ0) is 12.1. The molecule has 0 fully saturated rings. The highest BCUT2D eigenvalue weighted by atomic mass is 79.9. The van der Waals surface area contributed by atoms with E-state index in [-0.39, 0.29) is 6.42 Å². The molecule has 0 saturated heterocycles. The molecule has 0 amide bonds. The van der Waals surface area contributed by atoms with Gasteiger partial charge in [-0.1, -0.05) is 18.5 Å². The first kappa shape index (κ1) is 14.0. The largest absolute Gasteiger partial charge is 0.481 e. The van der Waals surface area contributed by atoms with Crippen molar-refractivity contribution in [1.82, 2.24) is 0 Å². The van der Waals surface area contributed by atoms with Gasteiger partial charge in [0.05, 0.1) is 8.12 Å². The van der Waals surface area contributed by atoms with Crippen LogP contribution in [0.2, 0.25) is 4.34 Å². The molecule has 0 bridgehead atoms. The van der Waals surface area contributed by atoms with E-state index in [4.69, 9.17) is 16.7 Å². The van der Waals surface area contributed by atoms with Crippen molar-refractivity contribution < 1.29 is 9.90 Å². The highest BCUT2D eigenvalue weighted by Crippen LogP contribution is 2.39. The van der Waals surface area contributed by atoms with E-state index in [1.807, 2.05) is 6.07 Å². The summed E-state index contributed by atoms with van der Waals surface area (Å²) in [6, 6.07) is 1.98. The van der Waals surface area contributed by atoms with Crippen molar-refractivity contribution in [1.29, 1.82) is 0 Å². The van der Waals surface area contributed by atoms with Crippen LogP contribution in [-0.4, -0.2) is 11.1 Å². The molecule has 0 aromatic carbocycles. The van der Waals surface area contributed by atoms with E-state index >= 15 is 0 Å². The molecule has 1 heterocycles. The van der Waals surface area contributed by atoms with Crippen LogP contribution >= 0.6 is 38.9 Å². The van der Waals surface area contributed by atoms with E-state index in [1.54, 1.807) is 0 Å². The molecule has 1 N–H and O–H groups in total. The summed E-state index contributed by atoms with van der Waals surface area (Å²) in [5, 5.41) is 8.60. The summed E-state index contributed by atoms with van der Waals surface area (Å²) in [6.07, 6.45) is 2.86. The lowest BCUT2D eigenvalue weighted by molar-refractivity contribution is -0.137.